The third kappa shape index (κ3) is 7.82. The molecule has 42 heavy (non-hydrogen) atoms. The lowest BCUT2D eigenvalue weighted by molar-refractivity contribution is -0.137. The molecule has 2 amide bonds. The van der Waals surface area contributed by atoms with E-state index in [1.54, 1.807) is 0 Å². The number of carboxylic acid groups (broad SMARTS) is 1. The molecule has 0 unspecified atom stereocenters. The van der Waals surface area contributed by atoms with Gasteiger partial charge in [0.25, 0.3) is 0 Å². The minimum absolute atomic E-state index is 0.0280. The summed E-state index contributed by atoms with van der Waals surface area (Å²) in [7, 11) is 0. The highest BCUT2D eigenvalue weighted by atomic mass is 16.4. The maximum Gasteiger partial charge on any atom is 0.305 e. The van der Waals surface area contributed by atoms with Crippen LogP contribution in [-0.2, 0) is 14.4 Å². The Hall–Kier alpha value is -4.96. The maximum absolute atomic E-state index is 13.6. The van der Waals surface area contributed by atoms with Gasteiger partial charge in [-0.15, -0.1) is 0 Å². The second-order valence-corrected chi connectivity index (χ2v) is 10.2. The van der Waals surface area contributed by atoms with Crippen LogP contribution in [0, 0.1) is 0 Å². The van der Waals surface area contributed by atoms with Gasteiger partial charge in [-0.1, -0.05) is 84.9 Å². The number of nitrogens with two attached hydrogens (primary N) is 3. The van der Waals surface area contributed by atoms with Crippen molar-refractivity contribution < 1.29 is 19.5 Å². The Labute approximate surface area is 244 Å². The van der Waals surface area contributed by atoms with Crippen LogP contribution in [0.3, 0.4) is 0 Å². The fourth-order valence-corrected chi connectivity index (χ4v) is 5.13. The number of aliphatic imine (C=N–C) groups is 1. The van der Waals surface area contributed by atoms with Crippen LogP contribution in [-0.4, -0.2) is 41.4 Å². The number of aliphatic carboxylic acids is 1. The van der Waals surface area contributed by atoms with Gasteiger partial charge in [0.2, 0.25) is 11.8 Å². The minimum atomic E-state index is -1.04. The van der Waals surface area contributed by atoms with Crippen LogP contribution < -0.4 is 27.8 Å². The zero-order valence-corrected chi connectivity index (χ0v) is 23.2. The Morgan fingerprint density at radius 3 is 1.81 bits per heavy atom. The molecule has 4 rings (SSSR count). The van der Waals surface area contributed by atoms with Crippen LogP contribution in [0.15, 0.2) is 89.9 Å². The molecule has 9 N–H and O–H groups in total. The van der Waals surface area contributed by atoms with Crippen LogP contribution in [0.2, 0.25) is 0 Å². The lowest BCUT2D eigenvalue weighted by atomic mass is 9.94. The zero-order chi connectivity index (χ0) is 30.1. The van der Waals surface area contributed by atoms with Gasteiger partial charge in [0, 0.05) is 6.54 Å². The number of hydrogen-bond donors (Lipinski definition) is 6. The van der Waals surface area contributed by atoms with Crippen molar-refractivity contribution in [3.05, 3.63) is 96.1 Å². The molecule has 0 bridgehead atoms. The van der Waals surface area contributed by atoms with Gasteiger partial charge < -0.3 is 32.9 Å². The third-order valence-corrected chi connectivity index (χ3v) is 7.12. The van der Waals surface area contributed by atoms with Crippen molar-refractivity contribution in [3.8, 4) is 0 Å². The fourth-order valence-electron chi connectivity index (χ4n) is 5.13. The summed E-state index contributed by atoms with van der Waals surface area (Å²) in [6.07, 6.45) is 0.430. The summed E-state index contributed by atoms with van der Waals surface area (Å²) in [5, 5.41) is 19.2. The van der Waals surface area contributed by atoms with E-state index in [1.807, 2.05) is 84.9 Å². The molecule has 0 radical (unpaired) electrons. The Morgan fingerprint density at radius 2 is 1.26 bits per heavy atom. The number of carbonyl (C=O) groups is 3. The molecule has 0 spiro atoms. The molecule has 10 nitrogen and oxygen atoms in total. The Balaban J connectivity index is 1.59. The topological polar surface area (TPSA) is 186 Å². The summed E-state index contributed by atoms with van der Waals surface area (Å²) in [4.78, 5) is 42.5. The molecule has 0 aliphatic rings. The van der Waals surface area contributed by atoms with Gasteiger partial charge in [-0.05, 0) is 45.5 Å². The summed E-state index contributed by atoms with van der Waals surface area (Å²) in [5.41, 5.74) is 18.4. The average molecular weight is 569 g/mol. The van der Waals surface area contributed by atoms with Crippen molar-refractivity contribution in [1.29, 1.82) is 0 Å². The minimum Gasteiger partial charge on any atom is -0.481 e. The van der Waals surface area contributed by atoms with E-state index in [0.29, 0.717) is 24.9 Å². The molecule has 218 valence electrons. The van der Waals surface area contributed by atoms with Crippen LogP contribution in [0.4, 0.5) is 0 Å². The number of rotatable bonds is 13. The van der Waals surface area contributed by atoms with Crippen molar-refractivity contribution in [2.45, 2.75) is 43.8 Å². The highest BCUT2D eigenvalue weighted by Crippen LogP contribution is 2.29. The van der Waals surface area contributed by atoms with Crippen LogP contribution in [0.25, 0.3) is 21.5 Å². The van der Waals surface area contributed by atoms with Gasteiger partial charge in [-0.25, -0.2) is 0 Å². The number of amides is 2. The van der Waals surface area contributed by atoms with Gasteiger partial charge in [-0.3, -0.25) is 19.4 Å². The number of guanidine groups is 1. The van der Waals surface area contributed by atoms with Gasteiger partial charge in [0.05, 0.1) is 31.0 Å². The quantitative estimate of drug-likeness (QED) is 0.0811. The number of nitrogens with zero attached hydrogens (tertiary/aromatic N) is 1. The largest absolute Gasteiger partial charge is 0.481 e. The molecular formula is C32H36N6O4. The fraction of sp³-hybridized carbons (Fsp3) is 0.250. The predicted octanol–water partition coefficient (Wildman–Crippen LogP) is 3.25. The zero-order valence-electron chi connectivity index (χ0n) is 23.2. The summed E-state index contributed by atoms with van der Waals surface area (Å²) >= 11 is 0. The first kappa shape index (κ1) is 30.0. The lowest BCUT2D eigenvalue weighted by Gasteiger charge is -2.25. The number of carbonyl (C=O) groups excluding carboxylic acids is 2. The number of nitrogens with one attached hydrogen (secondary N) is 2. The van der Waals surface area contributed by atoms with Crippen molar-refractivity contribution in [3.63, 3.8) is 0 Å². The van der Waals surface area contributed by atoms with Crippen molar-refractivity contribution in [2.75, 3.05) is 6.54 Å². The smallest absolute Gasteiger partial charge is 0.305 e. The highest BCUT2D eigenvalue weighted by Gasteiger charge is 2.26. The molecule has 0 heterocycles. The molecule has 4 aromatic carbocycles. The normalized spacial score (nSPS) is 13.2. The molecule has 0 aromatic heterocycles. The second kappa shape index (κ2) is 14.1. The summed E-state index contributed by atoms with van der Waals surface area (Å²) in [5.74, 6) is -1.89. The Kier molecular flexibility index (Phi) is 10.1. The molecule has 10 heteroatoms. The van der Waals surface area contributed by atoms with E-state index >= 15 is 0 Å². The number of fused-ring (bicyclic) bond motifs is 2. The summed E-state index contributed by atoms with van der Waals surface area (Å²) in [6, 6.07) is 24.3. The van der Waals surface area contributed by atoms with Gasteiger partial charge in [0.1, 0.15) is 0 Å². The molecule has 3 atom stereocenters. The van der Waals surface area contributed by atoms with E-state index in [0.717, 1.165) is 27.1 Å². The van der Waals surface area contributed by atoms with Gasteiger partial charge in [-0.2, -0.15) is 0 Å². The van der Waals surface area contributed by atoms with E-state index in [9.17, 15) is 19.5 Å². The highest BCUT2D eigenvalue weighted by molar-refractivity contribution is 5.90. The predicted molar refractivity (Wildman–Crippen MR) is 164 cm³/mol. The summed E-state index contributed by atoms with van der Waals surface area (Å²) < 4.78 is 0. The Morgan fingerprint density at radius 1 is 0.738 bits per heavy atom. The first-order valence-electron chi connectivity index (χ1n) is 13.8. The monoisotopic (exact) mass is 568 g/mol. The van der Waals surface area contributed by atoms with E-state index in [1.165, 1.54) is 0 Å². The SMILES string of the molecule is NC(N)=NCCC[C@H](N)C(=O)N[C@@H](CC(=O)N[C@@H](CC(=O)O)c1cccc2ccccc12)c1cccc2ccccc12. The van der Waals surface area contributed by atoms with Crippen LogP contribution in [0.1, 0.15) is 48.9 Å². The van der Waals surface area contributed by atoms with Crippen molar-refractivity contribution in [1.82, 2.24) is 10.6 Å². The van der Waals surface area contributed by atoms with Gasteiger partial charge in [0.15, 0.2) is 5.96 Å². The Bertz CT molecular complexity index is 1590. The molecular weight excluding hydrogens is 532 g/mol. The summed E-state index contributed by atoms with van der Waals surface area (Å²) in [6.45, 7) is 0.345. The molecule has 0 saturated carbocycles. The average Bonchev–Trinajstić information content (AvgIpc) is 2.97. The molecule has 0 saturated heterocycles. The third-order valence-electron chi connectivity index (χ3n) is 7.12. The van der Waals surface area contributed by atoms with Crippen molar-refractivity contribution in [2.24, 2.45) is 22.2 Å². The molecule has 0 fully saturated rings. The lowest BCUT2D eigenvalue weighted by Crippen LogP contribution is -2.43. The number of hydrogen-bond acceptors (Lipinski definition) is 5. The molecule has 4 aromatic rings. The molecule has 0 aliphatic heterocycles. The van der Waals surface area contributed by atoms with Crippen LogP contribution >= 0.6 is 0 Å². The first-order chi connectivity index (χ1) is 20.2. The van der Waals surface area contributed by atoms with E-state index in [2.05, 4.69) is 15.6 Å². The maximum atomic E-state index is 13.6. The molecule has 0 aliphatic carbocycles. The van der Waals surface area contributed by atoms with Crippen molar-refractivity contribution >= 4 is 45.3 Å². The number of carboxylic acids is 1. The number of benzene rings is 4. The van der Waals surface area contributed by atoms with E-state index in [4.69, 9.17) is 17.2 Å². The van der Waals surface area contributed by atoms with E-state index < -0.39 is 35.9 Å². The standard InChI is InChI=1S/C32H36N6O4/c33-26(16-7-17-36-32(34)35)31(42)38-27(24-14-5-10-20-8-1-3-12-22(20)24)18-29(39)37-28(19-30(40)41)25-15-6-11-21-9-2-4-13-23(21)25/h1-6,8-15,26-28H,7,16-19,33H2,(H,37,39)(H,38,42)(H,40,41)(H4,34,35,36)/t26-,27-,28-/m0/s1. The first-order valence-corrected chi connectivity index (χ1v) is 13.8. The van der Waals surface area contributed by atoms with Gasteiger partial charge >= 0.3 is 5.97 Å². The second-order valence-electron chi connectivity index (χ2n) is 10.2. The van der Waals surface area contributed by atoms with E-state index in [-0.39, 0.29) is 18.8 Å². The van der Waals surface area contributed by atoms with Crippen LogP contribution in [0.5, 0.6) is 0 Å².